The molecule has 5 heterocycles. The summed E-state index contributed by atoms with van der Waals surface area (Å²) in [6.07, 6.45) is -3.60. The summed E-state index contributed by atoms with van der Waals surface area (Å²) in [7, 11) is -4.74. The second kappa shape index (κ2) is 10.2. The Morgan fingerprint density at radius 1 is 1.16 bits per heavy atom. The van der Waals surface area contributed by atoms with E-state index < -0.39 is 69.2 Å². The molecule has 3 aromatic heterocycles. The van der Waals surface area contributed by atoms with Crippen molar-refractivity contribution in [3.05, 3.63) is 39.3 Å². The molecule has 7 atom stereocenters. The van der Waals surface area contributed by atoms with Crippen LogP contribution in [-0.2, 0) is 23.1 Å². The molecular weight excluding hydrogens is 531 g/mol. The molecule has 0 aromatic carbocycles. The molecular formula is C19H25N8O10P. The highest BCUT2D eigenvalue weighted by molar-refractivity contribution is 7.47. The predicted octanol–water partition coefficient (Wildman–Crippen LogP) is -1.91. The molecule has 3 aromatic rings. The smallest absolute Gasteiger partial charge is 0.394 e. The molecule has 19 heteroatoms. The number of H-pyrrole nitrogens is 1. The second-order valence-corrected chi connectivity index (χ2v) is 10.2. The van der Waals surface area contributed by atoms with Gasteiger partial charge >= 0.3 is 13.5 Å². The minimum atomic E-state index is -4.74. The minimum Gasteiger partial charge on any atom is -0.394 e. The van der Waals surface area contributed by atoms with Crippen LogP contribution in [0.4, 0.5) is 5.95 Å². The third kappa shape index (κ3) is 5.25. The number of imidazole rings is 1. The largest absolute Gasteiger partial charge is 0.472 e. The maximum absolute atomic E-state index is 12.7. The van der Waals surface area contributed by atoms with Gasteiger partial charge in [-0.2, -0.15) is 4.98 Å². The molecule has 18 nitrogen and oxygen atoms in total. The zero-order valence-electron chi connectivity index (χ0n) is 19.9. The van der Waals surface area contributed by atoms with Crippen molar-refractivity contribution in [3.8, 4) is 0 Å². The normalized spacial score (nSPS) is 29.2. The van der Waals surface area contributed by atoms with Crippen LogP contribution in [0.3, 0.4) is 0 Å². The number of ether oxygens (including phenoxy) is 2. The van der Waals surface area contributed by atoms with Gasteiger partial charge in [0, 0.05) is 12.8 Å². The lowest BCUT2D eigenvalue weighted by Crippen LogP contribution is -2.29. The number of aromatic amines is 1. The Bertz CT molecular complexity index is 1490. The molecule has 3 unspecified atom stereocenters. The first-order valence-electron chi connectivity index (χ1n) is 11.4. The van der Waals surface area contributed by atoms with Crippen molar-refractivity contribution in [2.24, 2.45) is 0 Å². The first kappa shape index (κ1) is 26.5. The van der Waals surface area contributed by atoms with Crippen LogP contribution in [-0.4, -0.2) is 86.8 Å². The van der Waals surface area contributed by atoms with Crippen LogP contribution >= 0.6 is 7.82 Å². The Labute approximate surface area is 212 Å². The second-order valence-electron chi connectivity index (χ2n) is 8.77. The van der Waals surface area contributed by atoms with Crippen molar-refractivity contribution in [3.63, 3.8) is 0 Å². The number of phosphoric ester groups is 1. The van der Waals surface area contributed by atoms with E-state index in [1.807, 2.05) is 0 Å². The van der Waals surface area contributed by atoms with Crippen LogP contribution in [0.15, 0.2) is 22.2 Å². The number of aliphatic hydroxyl groups is 2. The van der Waals surface area contributed by atoms with E-state index in [1.54, 1.807) is 6.92 Å². The van der Waals surface area contributed by atoms with Crippen molar-refractivity contribution in [1.82, 2.24) is 34.1 Å². The van der Waals surface area contributed by atoms with E-state index in [9.17, 15) is 29.3 Å². The van der Waals surface area contributed by atoms with E-state index in [2.05, 4.69) is 24.9 Å². The van der Waals surface area contributed by atoms with Gasteiger partial charge in [0.05, 0.1) is 25.6 Å². The maximum atomic E-state index is 12.7. The molecule has 0 bridgehead atoms. The fourth-order valence-corrected chi connectivity index (χ4v) is 5.31. The average Bonchev–Trinajstić information content (AvgIpc) is 3.54. The first-order chi connectivity index (χ1) is 18.0. The standard InChI is InChI=1S/C19H25N8O10P/c1-8-23-16-15(17(30)24-8)21-6-26(16)13-2-9(29)12(36-13)5-34-38(32,33)37-10-3-14(35-11(10)4-28)27-7-22-18(20)25-19(27)31/h6-7,9-14,28-29H,2-5H2,1H3,(H,32,33)(H2,20,25,31)(H,23,24,30)/t9?,10-,11?,12-,13-,14+/m1/s1. The summed E-state index contributed by atoms with van der Waals surface area (Å²) in [5.74, 6) is 0.137. The average molecular weight is 556 g/mol. The van der Waals surface area contributed by atoms with Gasteiger partial charge in [0.2, 0.25) is 5.95 Å². The van der Waals surface area contributed by atoms with Crippen molar-refractivity contribution in [2.45, 2.75) is 56.6 Å². The van der Waals surface area contributed by atoms with E-state index in [0.717, 1.165) is 10.9 Å². The third-order valence-electron chi connectivity index (χ3n) is 6.15. The molecule has 0 radical (unpaired) electrons. The Morgan fingerprint density at radius 3 is 2.61 bits per heavy atom. The number of anilines is 1. The summed E-state index contributed by atoms with van der Waals surface area (Å²) in [5, 5.41) is 20.1. The number of rotatable bonds is 8. The molecule has 206 valence electrons. The number of fused-ring (bicyclic) bond motifs is 1. The molecule has 2 aliphatic rings. The number of nitrogens with two attached hydrogens (primary N) is 1. The summed E-state index contributed by atoms with van der Waals surface area (Å²) >= 11 is 0. The van der Waals surface area contributed by atoms with Crippen LogP contribution in [0.1, 0.15) is 31.1 Å². The van der Waals surface area contributed by atoms with Gasteiger partial charge in [0.1, 0.15) is 42.9 Å². The van der Waals surface area contributed by atoms with E-state index in [-0.39, 0.29) is 30.0 Å². The number of hydrogen-bond donors (Lipinski definition) is 5. The number of aryl methyl sites for hydroxylation is 1. The Morgan fingerprint density at radius 2 is 1.87 bits per heavy atom. The van der Waals surface area contributed by atoms with Crippen LogP contribution in [0.5, 0.6) is 0 Å². The molecule has 38 heavy (non-hydrogen) atoms. The van der Waals surface area contributed by atoms with Crippen molar-refractivity contribution < 1.29 is 38.2 Å². The van der Waals surface area contributed by atoms with Crippen molar-refractivity contribution >= 4 is 24.9 Å². The highest BCUT2D eigenvalue weighted by atomic mass is 31.2. The molecule has 2 fully saturated rings. The summed E-state index contributed by atoms with van der Waals surface area (Å²) in [5.41, 5.74) is 4.57. The molecule has 0 aliphatic carbocycles. The van der Waals surface area contributed by atoms with E-state index in [0.29, 0.717) is 5.82 Å². The summed E-state index contributed by atoms with van der Waals surface area (Å²) < 4.78 is 36.8. The number of hydrogen-bond acceptors (Lipinski definition) is 14. The highest BCUT2D eigenvalue weighted by Gasteiger charge is 2.43. The third-order valence-corrected chi connectivity index (χ3v) is 7.16. The Hall–Kier alpha value is -3.09. The lowest BCUT2D eigenvalue weighted by Gasteiger charge is -2.21. The Kier molecular flexibility index (Phi) is 7.14. The minimum absolute atomic E-state index is 0.0761. The van der Waals surface area contributed by atoms with Gasteiger partial charge in [-0.1, -0.05) is 0 Å². The van der Waals surface area contributed by atoms with Gasteiger partial charge in [0.25, 0.3) is 5.56 Å². The van der Waals surface area contributed by atoms with E-state index in [1.165, 1.54) is 10.9 Å². The lowest BCUT2D eigenvalue weighted by molar-refractivity contribution is -0.0565. The van der Waals surface area contributed by atoms with Crippen LogP contribution in [0, 0.1) is 6.92 Å². The SMILES string of the molecule is Cc1nc2c(ncn2[C@H]2CC(O)[C@@H](COP(=O)(O)O[C@@H]3C[C@@H](n4cnc(N)nc4=O)OC3CO)O2)c(=O)[nH]1. The molecule has 0 amide bonds. The highest BCUT2D eigenvalue weighted by Crippen LogP contribution is 2.49. The van der Waals surface area contributed by atoms with Gasteiger partial charge in [-0.15, -0.1) is 0 Å². The first-order valence-corrected chi connectivity index (χ1v) is 12.9. The number of aromatic nitrogens is 7. The van der Waals surface area contributed by atoms with Gasteiger partial charge in [-0.05, 0) is 6.92 Å². The summed E-state index contributed by atoms with van der Waals surface area (Å²) in [6, 6.07) is 0. The van der Waals surface area contributed by atoms with Gasteiger partial charge in [-0.3, -0.25) is 23.0 Å². The van der Waals surface area contributed by atoms with Crippen molar-refractivity contribution in [1.29, 1.82) is 0 Å². The zero-order valence-corrected chi connectivity index (χ0v) is 20.7. The van der Waals surface area contributed by atoms with E-state index >= 15 is 0 Å². The monoisotopic (exact) mass is 556 g/mol. The van der Waals surface area contributed by atoms with Crippen molar-refractivity contribution in [2.75, 3.05) is 18.9 Å². The number of nitrogens with one attached hydrogen (secondary N) is 1. The lowest BCUT2D eigenvalue weighted by atomic mass is 10.2. The zero-order chi connectivity index (χ0) is 27.2. The molecule has 6 N–H and O–H groups in total. The molecule has 5 rings (SSSR count). The van der Waals surface area contributed by atoms with E-state index in [4.69, 9.17) is 24.3 Å². The quantitative estimate of drug-likeness (QED) is 0.190. The molecule has 2 aliphatic heterocycles. The Balaban J connectivity index is 1.22. The number of nitrogen functional groups attached to an aromatic ring is 1. The number of aliphatic hydroxyl groups excluding tert-OH is 2. The predicted molar refractivity (Wildman–Crippen MR) is 124 cm³/mol. The molecule has 2 saturated heterocycles. The van der Waals surface area contributed by atoms with Gasteiger partial charge < -0.3 is 35.3 Å². The fraction of sp³-hybridized carbons (Fsp3) is 0.579. The van der Waals surface area contributed by atoms with Crippen LogP contribution in [0.25, 0.3) is 11.2 Å². The molecule has 0 saturated carbocycles. The summed E-state index contributed by atoms with van der Waals surface area (Å²) in [4.78, 5) is 52.5. The summed E-state index contributed by atoms with van der Waals surface area (Å²) in [6.45, 7) is 0.517. The van der Waals surface area contributed by atoms with Crippen LogP contribution < -0.4 is 17.0 Å². The number of phosphoric acid groups is 1. The molecule has 0 spiro atoms. The maximum Gasteiger partial charge on any atom is 0.472 e. The van der Waals surface area contributed by atoms with Gasteiger partial charge in [0.15, 0.2) is 11.2 Å². The van der Waals surface area contributed by atoms with Crippen LogP contribution in [0.2, 0.25) is 0 Å². The fourth-order valence-electron chi connectivity index (χ4n) is 4.35. The topological polar surface area (TPSA) is 252 Å². The number of nitrogens with zero attached hydrogens (tertiary/aromatic N) is 6. The van der Waals surface area contributed by atoms with Gasteiger partial charge in [-0.25, -0.2) is 24.3 Å².